The minimum atomic E-state index is -0.910. The predicted octanol–water partition coefficient (Wildman–Crippen LogP) is 2.75. The molecule has 1 atom stereocenters. The van der Waals surface area contributed by atoms with Crippen molar-refractivity contribution in [3.8, 4) is 0 Å². The number of hydrogen-bond acceptors (Lipinski definition) is 2. The van der Waals surface area contributed by atoms with Crippen molar-refractivity contribution < 1.29 is 14.7 Å². The zero-order valence-corrected chi connectivity index (χ0v) is 12.7. The van der Waals surface area contributed by atoms with Crippen LogP contribution in [0, 0.1) is 0 Å². The van der Waals surface area contributed by atoms with E-state index in [9.17, 15) is 9.59 Å². The fraction of sp³-hybridized carbons (Fsp3) is 0.429. The summed E-state index contributed by atoms with van der Waals surface area (Å²) in [5.41, 5.74) is 0.190. The first-order valence-corrected chi connectivity index (χ1v) is 6.91. The molecule has 1 aromatic carbocycles. The van der Waals surface area contributed by atoms with E-state index in [0.717, 1.165) is 10.0 Å². The number of halogens is 1. The van der Waals surface area contributed by atoms with Crippen LogP contribution < -0.4 is 5.32 Å². The van der Waals surface area contributed by atoms with Crippen molar-refractivity contribution >= 4 is 27.8 Å². The smallest absolute Gasteiger partial charge is 0.305 e. The summed E-state index contributed by atoms with van der Waals surface area (Å²) in [6, 6.07) is 7.50. The van der Waals surface area contributed by atoms with Crippen molar-refractivity contribution in [2.24, 2.45) is 0 Å². The van der Waals surface area contributed by atoms with Gasteiger partial charge in [-0.1, -0.05) is 35.0 Å². The standard InChI is InChI=1S/C14H18BrNO3/c1-3-14(2,9-13(18)19)16-12(17)8-10-5-4-6-11(15)7-10/h4-7H,3,8-9H2,1-2H3,(H,16,17)(H,18,19)/t14-/m0/s1. The number of nitrogens with one attached hydrogen (secondary N) is 1. The Balaban J connectivity index is 2.66. The molecule has 0 saturated carbocycles. The van der Waals surface area contributed by atoms with E-state index in [-0.39, 0.29) is 18.7 Å². The molecule has 0 aliphatic carbocycles. The maximum atomic E-state index is 12.0. The van der Waals surface area contributed by atoms with Gasteiger partial charge in [0.1, 0.15) is 0 Å². The molecule has 104 valence electrons. The molecule has 0 aromatic heterocycles. The van der Waals surface area contributed by atoms with Gasteiger partial charge in [0, 0.05) is 10.0 Å². The highest BCUT2D eigenvalue weighted by Gasteiger charge is 2.27. The zero-order chi connectivity index (χ0) is 14.5. The minimum Gasteiger partial charge on any atom is -0.481 e. The summed E-state index contributed by atoms with van der Waals surface area (Å²) in [6.45, 7) is 3.61. The Hall–Kier alpha value is -1.36. The Morgan fingerprint density at radius 3 is 2.63 bits per heavy atom. The Morgan fingerprint density at radius 2 is 2.11 bits per heavy atom. The van der Waals surface area contributed by atoms with E-state index in [4.69, 9.17) is 5.11 Å². The molecule has 0 radical (unpaired) electrons. The van der Waals surface area contributed by atoms with Crippen LogP contribution in [0.5, 0.6) is 0 Å². The monoisotopic (exact) mass is 327 g/mol. The molecule has 0 spiro atoms. The molecule has 1 aromatic rings. The molecule has 19 heavy (non-hydrogen) atoms. The largest absolute Gasteiger partial charge is 0.481 e. The van der Waals surface area contributed by atoms with Gasteiger partial charge < -0.3 is 10.4 Å². The summed E-state index contributed by atoms with van der Waals surface area (Å²) in [6.07, 6.45) is 0.742. The fourth-order valence-corrected chi connectivity index (χ4v) is 2.25. The Morgan fingerprint density at radius 1 is 1.42 bits per heavy atom. The molecule has 0 aliphatic heterocycles. The van der Waals surface area contributed by atoms with Crippen molar-refractivity contribution in [3.05, 3.63) is 34.3 Å². The molecular weight excluding hydrogens is 310 g/mol. The van der Waals surface area contributed by atoms with E-state index >= 15 is 0 Å². The predicted molar refractivity (Wildman–Crippen MR) is 76.9 cm³/mol. The minimum absolute atomic E-state index is 0.0757. The van der Waals surface area contributed by atoms with Crippen molar-refractivity contribution in [1.82, 2.24) is 5.32 Å². The maximum absolute atomic E-state index is 12.0. The fourth-order valence-electron chi connectivity index (χ4n) is 1.80. The Labute approximate surface area is 121 Å². The quantitative estimate of drug-likeness (QED) is 0.844. The van der Waals surface area contributed by atoms with Crippen LogP contribution >= 0.6 is 15.9 Å². The normalized spacial score (nSPS) is 13.6. The van der Waals surface area contributed by atoms with Crippen molar-refractivity contribution in [2.75, 3.05) is 0 Å². The van der Waals surface area contributed by atoms with Crippen LogP contribution in [0.15, 0.2) is 28.7 Å². The highest BCUT2D eigenvalue weighted by molar-refractivity contribution is 9.10. The Bertz CT molecular complexity index is 476. The molecule has 1 rings (SSSR count). The Kier molecular flexibility index (Phi) is 5.54. The van der Waals surface area contributed by atoms with Crippen LogP contribution in [-0.4, -0.2) is 22.5 Å². The molecule has 0 saturated heterocycles. The first-order valence-electron chi connectivity index (χ1n) is 6.12. The van der Waals surface area contributed by atoms with Gasteiger partial charge in [0.2, 0.25) is 5.91 Å². The maximum Gasteiger partial charge on any atom is 0.305 e. The van der Waals surface area contributed by atoms with E-state index in [1.807, 2.05) is 31.2 Å². The first-order chi connectivity index (χ1) is 8.84. The molecule has 0 unspecified atom stereocenters. The summed E-state index contributed by atoms with van der Waals surface area (Å²) in [5, 5.41) is 11.7. The second-order valence-corrected chi connectivity index (χ2v) is 5.76. The number of carbonyl (C=O) groups is 2. The van der Waals surface area contributed by atoms with E-state index < -0.39 is 11.5 Å². The lowest BCUT2D eigenvalue weighted by Gasteiger charge is -2.28. The highest BCUT2D eigenvalue weighted by atomic mass is 79.9. The van der Waals surface area contributed by atoms with Crippen LogP contribution in [0.2, 0.25) is 0 Å². The molecule has 0 aliphatic rings. The molecule has 5 heteroatoms. The summed E-state index contributed by atoms with van der Waals surface area (Å²) in [4.78, 5) is 22.8. The SMILES string of the molecule is CC[C@@](C)(CC(=O)O)NC(=O)Cc1cccc(Br)c1. The number of rotatable bonds is 6. The van der Waals surface area contributed by atoms with Gasteiger partial charge in [0.15, 0.2) is 0 Å². The number of carboxylic acid groups (broad SMARTS) is 1. The number of benzene rings is 1. The molecule has 0 heterocycles. The highest BCUT2D eigenvalue weighted by Crippen LogP contribution is 2.16. The van der Waals surface area contributed by atoms with Crippen molar-refractivity contribution in [1.29, 1.82) is 0 Å². The van der Waals surface area contributed by atoms with Crippen LogP contribution in [0.4, 0.5) is 0 Å². The van der Waals surface area contributed by atoms with Crippen LogP contribution in [-0.2, 0) is 16.0 Å². The van der Waals surface area contributed by atoms with Gasteiger partial charge in [-0.05, 0) is 31.0 Å². The average molecular weight is 328 g/mol. The summed E-state index contributed by atoms with van der Waals surface area (Å²) >= 11 is 3.35. The van der Waals surface area contributed by atoms with Gasteiger partial charge in [-0.2, -0.15) is 0 Å². The van der Waals surface area contributed by atoms with Crippen LogP contribution in [0.3, 0.4) is 0 Å². The number of carbonyl (C=O) groups excluding carboxylic acids is 1. The lowest BCUT2D eigenvalue weighted by atomic mass is 9.94. The van der Waals surface area contributed by atoms with E-state index in [2.05, 4.69) is 21.2 Å². The lowest BCUT2D eigenvalue weighted by molar-refractivity contribution is -0.139. The second-order valence-electron chi connectivity index (χ2n) is 4.84. The van der Waals surface area contributed by atoms with E-state index in [0.29, 0.717) is 6.42 Å². The number of aliphatic carboxylic acids is 1. The topological polar surface area (TPSA) is 66.4 Å². The van der Waals surface area contributed by atoms with Gasteiger partial charge in [0.05, 0.1) is 12.8 Å². The van der Waals surface area contributed by atoms with Gasteiger partial charge in [-0.25, -0.2) is 0 Å². The van der Waals surface area contributed by atoms with E-state index in [1.165, 1.54) is 0 Å². The summed E-state index contributed by atoms with van der Waals surface area (Å²) < 4.78 is 0.918. The molecule has 1 amide bonds. The van der Waals surface area contributed by atoms with Gasteiger partial charge >= 0.3 is 5.97 Å². The van der Waals surface area contributed by atoms with Gasteiger partial charge in [0.25, 0.3) is 0 Å². The van der Waals surface area contributed by atoms with Crippen molar-refractivity contribution in [3.63, 3.8) is 0 Å². The average Bonchev–Trinajstić information content (AvgIpc) is 2.27. The van der Waals surface area contributed by atoms with Crippen molar-refractivity contribution in [2.45, 2.75) is 38.6 Å². The van der Waals surface area contributed by atoms with Crippen LogP contribution in [0.25, 0.3) is 0 Å². The third-order valence-electron chi connectivity index (χ3n) is 3.02. The molecule has 0 fully saturated rings. The number of carboxylic acids is 1. The summed E-state index contributed by atoms with van der Waals surface area (Å²) in [5.74, 6) is -1.07. The third-order valence-corrected chi connectivity index (χ3v) is 3.51. The van der Waals surface area contributed by atoms with Gasteiger partial charge in [-0.3, -0.25) is 9.59 Å². The number of amides is 1. The zero-order valence-electron chi connectivity index (χ0n) is 11.1. The molecule has 0 bridgehead atoms. The van der Waals surface area contributed by atoms with E-state index in [1.54, 1.807) is 6.92 Å². The first kappa shape index (κ1) is 15.7. The molecular formula is C14H18BrNO3. The van der Waals surface area contributed by atoms with Crippen LogP contribution in [0.1, 0.15) is 32.3 Å². The molecule has 4 nitrogen and oxygen atoms in total. The van der Waals surface area contributed by atoms with Gasteiger partial charge in [-0.15, -0.1) is 0 Å². The summed E-state index contributed by atoms with van der Waals surface area (Å²) in [7, 11) is 0. The number of hydrogen-bond donors (Lipinski definition) is 2. The third kappa shape index (κ3) is 5.42. The molecule has 2 N–H and O–H groups in total. The lowest BCUT2D eigenvalue weighted by Crippen LogP contribution is -2.47. The second kappa shape index (κ2) is 6.70.